The zero-order chi connectivity index (χ0) is 17.8. The Balaban J connectivity index is 1.57. The number of carbonyl (C=O) groups is 1. The number of rotatable bonds is 4. The van der Waals surface area contributed by atoms with E-state index in [2.05, 4.69) is 28.1 Å². The molecule has 0 unspecified atom stereocenters. The average molecular weight is 406 g/mol. The van der Waals surface area contributed by atoms with Gasteiger partial charge in [-0.25, -0.2) is 4.39 Å². The minimum absolute atomic E-state index is 0.142. The van der Waals surface area contributed by atoms with Crippen molar-refractivity contribution in [2.24, 2.45) is 5.92 Å². The third-order valence-electron chi connectivity index (χ3n) is 4.74. The molecule has 0 radical (unpaired) electrons. The largest absolute Gasteiger partial charge is 0.497 e. The van der Waals surface area contributed by atoms with E-state index in [9.17, 15) is 9.18 Å². The van der Waals surface area contributed by atoms with Gasteiger partial charge in [0, 0.05) is 17.6 Å². The molecule has 1 heterocycles. The van der Waals surface area contributed by atoms with Crippen LogP contribution in [0.25, 0.3) is 0 Å². The first-order valence-electron chi connectivity index (χ1n) is 8.44. The normalized spacial score (nSPS) is 15.2. The highest BCUT2D eigenvalue weighted by Crippen LogP contribution is 2.25. The summed E-state index contributed by atoms with van der Waals surface area (Å²) in [6, 6.07) is 12.6. The number of halogens is 2. The van der Waals surface area contributed by atoms with E-state index >= 15 is 0 Å². The molecule has 1 amide bonds. The summed E-state index contributed by atoms with van der Waals surface area (Å²) in [4.78, 5) is 14.3. The summed E-state index contributed by atoms with van der Waals surface area (Å²) >= 11 is 3.30. The van der Waals surface area contributed by atoms with Crippen LogP contribution in [0.2, 0.25) is 0 Å². The molecule has 0 spiro atoms. The summed E-state index contributed by atoms with van der Waals surface area (Å²) in [7, 11) is 1.66. The number of methoxy groups -OCH3 is 1. The highest BCUT2D eigenvalue weighted by Gasteiger charge is 2.25. The smallest absolute Gasteiger partial charge is 0.256 e. The lowest BCUT2D eigenvalue weighted by Crippen LogP contribution is -2.39. The maximum absolute atomic E-state index is 13.9. The maximum Gasteiger partial charge on any atom is 0.256 e. The van der Waals surface area contributed by atoms with Crippen LogP contribution in [0.3, 0.4) is 0 Å². The number of hydrogen-bond acceptors (Lipinski definition) is 2. The molecule has 0 bridgehead atoms. The molecule has 1 aliphatic rings. The molecule has 25 heavy (non-hydrogen) atoms. The van der Waals surface area contributed by atoms with Crippen LogP contribution in [0.5, 0.6) is 5.75 Å². The van der Waals surface area contributed by atoms with Gasteiger partial charge in [0.1, 0.15) is 11.6 Å². The minimum Gasteiger partial charge on any atom is -0.497 e. The Kier molecular flexibility index (Phi) is 5.74. The van der Waals surface area contributed by atoms with Crippen LogP contribution in [-0.2, 0) is 6.42 Å². The van der Waals surface area contributed by atoms with Crippen LogP contribution in [0.15, 0.2) is 46.9 Å². The fourth-order valence-corrected chi connectivity index (χ4v) is 3.63. The first kappa shape index (κ1) is 17.9. The van der Waals surface area contributed by atoms with Crippen molar-refractivity contribution in [2.45, 2.75) is 19.3 Å². The molecule has 0 N–H and O–H groups in total. The summed E-state index contributed by atoms with van der Waals surface area (Å²) in [6.45, 7) is 1.34. The summed E-state index contributed by atoms with van der Waals surface area (Å²) in [5.74, 6) is 0.722. The average Bonchev–Trinajstić information content (AvgIpc) is 2.64. The second-order valence-corrected chi connectivity index (χ2v) is 7.33. The Labute approximate surface area is 155 Å². The lowest BCUT2D eigenvalue weighted by Gasteiger charge is -2.32. The zero-order valence-corrected chi connectivity index (χ0v) is 15.8. The van der Waals surface area contributed by atoms with Gasteiger partial charge >= 0.3 is 0 Å². The van der Waals surface area contributed by atoms with Gasteiger partial charge < -0.3 is 9.64 Å². The van der Waals surface area contributed by atoms with Crippen molar-refractivity contribution in [1.29, 1.82) is 0 Å². The molecule has 1 fully saturated rings. The molecule has 0 saturated carbocycles. The molecule has 1 saturated heterocycles. The molecule has 3 nitrogen and oxygen atoms in total. The number of piperidine rings is 1. The van der Waals surface area contributed by atoms with Crippen molar-refractivity contribution < 1.29 is 13.9 Å². The van der Waals surface area contributed by atoms with Crippen molar-refractivity contribution >= 4 is 21.8 Å². The van der Waals surface area contributed by atoms with E-state index in [0.717, 1.165) is 25.0 Å². The Hall–Kier alpha value is -1.88. The summed E-state index contributed by atoms with van der Waals surface area (Å²) in [5.41, 5.74) is 1.42. The number of nitrogens with zero attached hydrogens (tertiary/aromatic N) is 1. The molecule has 2 aromatic carbocycles. The molecule has 0 aliphatic carbocycles. The molecular weight excluding hydrogens is 385 g/mol. The Bertz CT molecular complexity index is 740. The van der Waals surface area contributed by atoms with Gasteiger partial charge in [-0.2, -0.15) is 0 Å². The Morgan fingerprint density at radius 1 is 1.20 bits per heavy atom. The fourth-order valence-electron chi connectivity index (χ4n) is 3.27. The molecule has 132 valence electrons. The summed E-state index contributed by atoms with van der Waals surface area (Å²) < 4.78 is 19.8. The lowest BCUT2D eigenvalue weighted by atomic mass is 9.90. The van der Waals surface area contributed by atoms with Crippen LogP contribution < -0.4 is 4.74 Å². The van der Waals surface area contributed by atoms with Crippen LogP contribution in [0.4, 0.5) is 4.39 Å². The number of benzene rings is 2. The third kappa shape index (κ3) is 4.40. The standard InChI is InChI=1S/C20H21BrFNO2/c1-25-17-5-2-14(3-6-17)12-15-8-10-23(11-9-15)20(24)18-13-16(21)4-7-19(18)22/h2-7,13,15H,8-12H2,1H3. The van der Waals surface area contributed by atoms with Gasteiger partial charge in [0.05, 0.1) is 12.7 Å². The Morgan fingerprint density at radius 2 is 1.88 bits per heavy atom. The zero-order valence-electron chi connectivity index (χ0n) is 14.2. The van der Waals surface area contributed by atoms with E-state index in [0.29, 0.717) is 23.5 Å². The van der Waals surface area contributed by atoms with E-state index in [1.54, 1.807) is 24.1 Å². The van der Waals surface area contributed by atoms with Gasteiger partial charge in [-0.05, 0) is 61.1 Å². The van der Waals surface area contributed by atoms with E-state index in [1.807, 2.05) is 12.1 Å². The highest BCUT2D eigenvalue weighted by atomic mass is 79.9. The number of amides is 1. The van der Waals surface area contributed by atoms with Gasteiger partial charge in [0.2, 0.25) is 0 Å². The van der Waals surface area contributed by atoms with Crippen molar-refractivity contribution in [3.05, 3.63) is 63.9 Å². The number of likely N-dealkylation sites (tertiary alicyclic amines) is 1. The van der Waals surface area contributed by atoms with Gasteiger partial charge in [-0.15, -0.1) is 0 Å². The number of hydrogen-bond donors (Lipinski definition) is 0. The van der Waals surface area contributed by atoms with Gasteiger partial charge in [0.15, 0.2) is 0 Å². The van der Waals surface area contributed by atoms with Crippen molar-refractivity contribution in [3.63, 3.8) is 0 Å². The third-order valence-corrected chi connectivity index (χ3v) is 5.24. The van der Waals surface area contributed by atoms with E-state index < -0.39 is 5.82 Å². The minimum atomic E-state index is -0.464. The number of ether oxygens (including phenoxy) is 1. The predicted molar refractivity (Wildman–Crippen MR) is 99.4 cm³/mol. The lowest BCUT2D eigenvalue weighted by molar-refractivity contribution is 0.0685. The maximum atomic E-state index is 13.9. The van der Waals surface area contributed by atoms with Crippen LogP contribution in [0, 0.1) is 11.7 Å². The molecule has 1 aliphatic heterocycles. The van der Waals surface area contributed by atoms with Crippen molar-refractivity contribution in [2.75, 3.05) is 20.2 Å². The van der Waals surface area contributed by atoms with Crippen molar-refractivity contribution in [1.82, 2.24) is 4.90 Å². The first-order chi connectivity index (χ1) is 12.1. The SMILES string of the molecule is COc1ccc(CC2CCN(C(=O)c3cc(Br)ccc3F)CC2)cc1. The van der Waals surface area contributed by atoms with E-state index in [4.69, 9.17) is 4.74 Å². The first-order valence-corrected chi connectivity index (χ1v) is 9.23. The van der Waals surface area contributed by atoms with Crippen LogP contribution in [0.1, 0.15) is 28.8 Å². The molecule has 3 rings (SSSR count). The second kappa shape index (κ2) is 8.00. The van der Waals surface area contributed by atoms with E-state index in [-0.39, 0.29) is 11.5 Å². The van der Waals surface area contributed by atoms with Crippen LogP contribution in [-0.4, -0.2) is 31.0 Å². The predicted octanol–water partition coefficient (Wildman–Crippen LogP) is 4.69. The monoisotopic (exact) mass is 405 g/mol. The van der Waals surface area contributed by atoms with Gasteiger partial charge in [0.25, 0.3) is 5.91 Å². The quantitative estimate of drug-likeness (QED) is 0.737. The topological polar surface area (TPSA) is 29.5 Å². The highest BCUT2D eigenvalue weighted by molar-refractivity contribution is 9.10. The Morgan fingerprint density at radius 3 is 2.52 bits per heavy atom. The molecule has 0 aromatic heterocycles. The molecule has 0 atom stereocenters. The van der Waals surface area contributed by atoms with Gasteiger partial charge in [-0.1, -0.05) is 28.1 Å². The molecule has 5 heteroatoms. The number of carbonyl (C=O) groups excluding carboxylic acids is 1. The van der Waals surface area contributed by atoms with Crippen molar-refractivity contribution in [3.8, 4) is 5.75 Å². The second-order valence-electron chi connectivity index (χ2n) is 6.41. The molecular formula is C20H21BrFNO2. The van der Waals surface area contributed by atoms with E-state index in [1.165, 1.54) is 11.6 Å². The van der Waals surface area contributed by atoms with Gasteiger partial charge in [-0.3, -0.25) is 4.79 Å². The summed E-state index contributed by atoms with van der Waals surface area (Å²) in [6.07, 6.45) is 2.87. The summed E-state index contributed by atoms with van der Waals surface area (Å²) in [5, 5.41) is 0. The van der Waals surface area contributed by atoms with Crippen LogP contribution >= 0.6 is 15.9 Å². The molecule has 2 aromatic rings. The fraction of sp³-hybridized carbons (Fsp3) is 0.350.